The summed E-state index contributed by atoms with van der Waals surface area (Å²) >= 11 is 0. The molecular formula is C22H27N5O4S. The van der Waals surface area contributed by atoms with Crippen LogP contribution in [0.1, 0.15) is 21.5 Å². The molecule has 10 heteroatoms. The van der Waals surface area contributed by atoms with Gasteiger partial charge in [0.05, 0.1) is 19.5 Å². The van der Waals surface area contributed by atoms with Crippen LogP contribution in [0.5, 0.6) is 0 Å². The van der Waals surface area contributed by atoms with Gasteiger partial charge in [0, 0.05) is 43.6 Å². The van der Waals surface area contributed by atoms with Crippen LogP contribution in [0.15, 0.2) is 36.5 Å². The standard InChI is InChI=1S/C22H27N5O4S/c1-16-12-17(2)21(23-13-16)24-8-10-25(11-9-24)22(29)18-4-6-19(7-5-18)27-15-26(14-20(27)28)32(3,30)31/h4-7,12-13H,8-11,14-15H2,1-3H3. The molecule has 0 radical (unpaired) electrons. The monoisotopic (exact) mass is 457 g/mol. The smallest absolute Gasteiger partial charge is 0.253 e. The molecule has 0 N–H and O–H groups in total. The minimum absolute atomic E-state index is 0.0145. The number of piperazine rings is 1. The van der Waals surface area contributed by atoms with E-state index in [4.69, 9.17) is 0 Å². The number of anilines is 2. The zero-order valence-corrected chi connectivity index (χ0v) is 19.3. The van der Waals surface area contributed by atoms with Crippen LogP contribution in [0.3, 0.4) is 0 Å². The molecule has 0 saturated carbocycles. The van der Waals surface area contributed by atoms with Crippen LogP contribution in [0.25, 0.3) is 0 Å². The van der Waals surface area contributed by atoms with E-state index >= 15 is 0 Å². The van der Waals surface area contributed by atoms with E-state index in [2.05, 4.69) is 22.9 Å². The first-order valence-corrected chi connectivity index (χ1v) is 12.3. The van der Waals surface area contributed by atoms with Gasteiger partial charge in [-0.3, -0.25) is 14.5 Å². The fraction of sp³-hybridized carbons (Fsp3) is 0.409. The van der Waals surface area contributed by atoms with Crippen molar-refractivity contribution >= 4 is 33.3 Å². The lowest BCUT2D eigenvalue weighted by Gasteiger charge is -2.36. The fourth-order valence-electron chi connectivity index (χ4n) is 4.10. The lowest BCUT2D eigenvalue weighted by atomic mass is 10.1. The molecule has 0 atom stereocenters. The van der Waals surface area contributed by atoms with Crippen LogP contribution in [0, 0.1) is 13.8 Å². The molecule has 2 fully saturated rings. The van der Waals surface area contributed by atoms with Gasteiger partial charge in [0.15, 0.2) is 0 Å². The van der Waals surface area contributed by atoms with Crippen LogP contribution in [-0.4, -0.2) is 80.1 Å². The first kappa shape index (κ1) is 22.2. The van der Waals surface area contributed by atoms with Crippen molar-refractivity contribution in [2.75, 3.05) is 55.4 Å². The summed E-state index contributed by atoms with van der Waals surface area (Å²) in [6.45, 7) is 6.52. The van der Waals surface area contributed by atoms with Gasteiger partial charge in [-0.25, -0.2) is 13.4 Å². The first-order chi connectivity index (χ1) is 15.1. The van der Waals surface area contributed by atoms with Gasteiger partial charge in [0.2, 0.25) is 15.9 Å². The first-order valence-electron chi connectivity index (χ1n) is 10.5. The molecule has 0 spiro atoms. The van der Waals surface area contributed by atoms with Gasteiger partial charge in [0.25, 0.3) is 5.91 Å². The highest BCUT2D eigenvalue weighted by molar-refractivity contribution is 7.88. The Hall–Kier alpha value is -2.98. The summed E-state index contributed by atoms with van der Waals surface area (Å²) in [4.78, 5) is 35.2. The van der Waals surface area contributed by atoms with Crippen molar-refractivity contribution in [3.8, 4) is 0 Å². The Morgan fingerprint density at radius 1 is 1.03 bits per heavy atom. The average Bonchev–Trinajstić information content (AvgIpc) is 3.16. The molecule has 1 aromatic carbocycles. The van der Waals surface area contributed by atoms with E-state index in [-0.39, 0.29) is 25.0 Å². The quantitative estimate of drug-likeness (QED) is 0.686. The number of rotatable bonds is 4. The molecule has 2 aromatic rings. The van der Waals surface area contributed by atoms with Crippen molar-refractivity contribution in [3.63, 3.8) is 0 Å². The lowest BCUT2D eigenvalue weighted by molar-refractivity contribution is -0.116. The normalized spacial score (nSPS) is 17.8. The minimum atomic E-state index is -3.44. The van der Waals surface area contributed by atoms with E-state index in [0.717, 1.165) is 27.5 Å². The second-order valence-electron chi connectivity index (χ2n) is 8.32. The van der Waals surface area contributed by atoms with Crippen LogP contribution in [0.4, 0.5) is 11.5 Å². The summed E-state index contributed by atoms with van der Waals surface area (Å²) < 4.78 is 24.5. The molecule has 170 valence electrons. The second-order valence-corrected chi connectivity index (χ2v) is 10.3. The summed E-state index contributed by atoms with van der Waals surface area (Å²) in [5.74, 6) is 0.617. The third kappa shape index (κ3) is 4.46. The molecule has 0 aliphatic carbocycles. The number of aryl methyl sites for hydroxylation is 2. The molecule has 32 heavy (non-hydrogen) atoms. The molecule has 2 saturated heterocycles. The van der Waals surface area contributed by atoms with Crippen molar-refractivity contribution in [2.45, 2.75) is 13.8 Å². The highest BCUT2D eigenvalue weighted by Gasteiger charge is 2.34. The summed E-state index contributed by atoms with van der Waals surface area (Å²) in [5.41, 5.74) is 3.37. The fourth-order valence-corrected chi connectivity index (χ4v) is 4.77. The molecule has 2 aliphatic heterocycles. The highest BCUT2D eigenvalue weighted by atomic mass is 32.2. The SMILES string of the molecule is Cc1cnc(N2CCN(C(=O)c3ccc(N4CN(S(C)(=O)=O)CC4=O)cc3)CC2)c(C)c1. The van der Waals surface area contributed by atoms with Crippen molar-refractivity contribution < 1.29 is 18.0 Å². The van der Waals surface area contributed by atoms with E-state index in [0.29, 0.717) is 37.4 Å². The molecule has 2 amide bonds. The molecular weight excluding hydrogens is 430 g/mol. The number of aromatic nitrogens is 1. The molecule has 0 bridgehead atoms. The lowest BCUT2D eigenvalue weighted by Crippen LogP contribution is -2.49. The summed E-state index contributed by atoms with van der Waals surface area (Å²) in [5, 5.41) is 0. The van der Waals surface area contributed by atoms with Crippen molar-refractivity contribution in [1.29, 1.82) is 0 Å². The van der Waals surface area contributed by atoms with Crippen LogP contribution in [0.2, 0.25) is 0 Å². The van der Waals surface area contributed by atoms with Crippen LogP contribution in [-0.2, 0) is 14.8 Å². The molecule has 1 aromatic heterocycles. The Kier molecular flexibility index (Phi) is 5.91. The number of sulfonamides is 1. The Labute approximate surface area is 188 Å². The van der Waals surface area contributed by atoms with Crippen LogP contribution >= 0.6 is 0 Å². The summed E-state index contributed by atoms with van der Waals surface area (Å²) in [6.07, 6.45) is 2.95. The Balaban J connectivity index is 1.39. The molecule has 4 rings (SSSR count). The largest absolute Gasteiger partial charge is 0.353 e. The zero-order chi connectivity index (χ0) is 23.0. The maximum absolute atomic E-state index is 13.0. The van der Waals surface area contributed by atoms with Gasteiger partial charge in [-0.1, -0.05) is 6.07 Å². The van der Waals surface area contributed by atoms with Crippen molar-refractivity contribution in [2.24, 2.45) is 0 Å². The molecule has 2 aliphatic rings. The van der Waals surface area contributed by atoms with E-state index in [9.17, 15) is 18.0 Å². The average molecular weight is 458 g/mol. The zero-order valence-electron chi connectivity index (χ0n) is 18.5. The predicted octanol–water partition coefficient (Wildman–Crippen LogP) is 1.23. The number of hydrogen-bond acceptors (Lipinski definition) is 6. The second kappa shape index (κ2) is 8.51. The number of nitrogens with zero attached hydrogens (tertiary/aromatic N) is 5. The van der Waals surface area contributed by atoms with Gasteiger partial charge in [0.1, 0.15) is 5.82 Å². The van der Waals surface area contributed by atoms with E-state index in [1.807, 2.05) is 18.0 Å². The number of benzene rings is 1. The summed E-state index contributed by atoms with van der Waals surface area (Å²) in [7, 11) is -3.44. The predicted molar refractivity (Wildman–Crippen MR) is 122 cm³/mol. The molecule has 3 heterocycles. The number of pyridine rings is 1. The topological polar surface area (TPSA) is 94.1 Å². The molecule has 0 unspecified atom stereocenters. The van der Waals surface area contributed by atoms with Crippen LogP contribution < -0.4 is 9.80 Å². The van der Waals surface area contributed by atoms with Gasteiger partial charge >= 0.3 is 0 Å². The van der Waals surface area contributed by atoms with Gasteiger partial charge in [-0.2, -0.15) is 4.31 Å². The maximum Gasteiger partial charge on any atom is 0.253 e. The Morgan fingerprint density at radius 3 is 2.25 bits per heavy atom. The number of carbonyl (C=O) groups is 2. The van der Waals surface area contributed by atoms with E-state index in [1.54, 1.807) is 24.3 Å². The van der Waals surface area contributed by atoms with Gasteiger partial charge < -0.3 is 9.80 Å². The highest BCUT2D eigenvalue weighted by Crippen LogP contribution is 2.23. The van der Waals surface area contributed by atoms with Crippen molar-refractivity contribution in [1.82, 2.24) is 14.2 Å². The third-order valence-electron chi connectivity index (χ3n) is 5.86. The maximum atomic E-state index is 13.0. The van der Waals surface area contributed by atoms with Gasteiger partial charge in [-0.05, 0) is 49.2 Å². The number of carbonyl (C=O) groups excluding carboxylic acids is 2. The Bertz CT molecular complexity index is 1140. The van der Waals surface area contributed by atoms with E-state index < -0.39 is 10.0 Å². The third-order valence-corrected chi connectivity index (χ3v) is 7.04. The molecule has 9 nitrogen and oxygen atoms in total. The summed E-state index contributed by atoms with van der Waals surface area (Å²) in [6, 6.07) is 8.86. The van der Waals surface area contributed by atoms with Crippen molar-refractivity contribution in [3.05, 3.63) is 53.2 Å². The van der Waals surface area contributed by atoms with Gasteiger partial charge in [-0.15, -0.1) is 0 Å². The number of amides is 2. The Morgan fingerprint density at radius 2 is 1.69 bits per heavy atom. The van der Waals surface area contributed by atoms with E-state index in [1.165, 1.54) is 4.90 Å². The minimum Gasteiger partial charge on any atom is -0.353 e. The number of hydrogen-bond donors (Lipinski definition) is 0.